The minimum atomic E-state index is -0.111. The molecular formula is C11H20N2O2. The highest BCUT2D eigenvalue weighted by atomic mass is 16.3. The van der Waals surface area contributed by atoms with Crippen LogP contribution in [-0.2, 0) is 4.79 Å². The second-order valence-electron chi connectivity index (χ2n) is 4.64. The molecule has 1 amide bonds. The van der Waals surface area contributed by atoms with Crippen LogP contribution in [0.1, 0.15) is 32.6 Å². The molecule has 2 aliphatic rings. The molecule has 15 heavy (non-hydrogen) atoms. The van der Waals surface area contributed by atoms with Crippen molar-refractivity contribution < 1.29 is 9.90 Å². The van der Waals surface area contributed by atoms with Crippen LogP contribution in [0.25, 0.3) is 0 Å². The van der Waals surface area contributed by atoms with Gasteiger partial charge in [-0.1, -0.05) is 0 Å². The van der Waals surface area contributed by atoms with Crippen molar-refractivity contribution in [2.24, 2.45) is 0 Å². The van der Waals surface area contributed by atoms with Gasteiger partial charge in [0.15, 0.2) is 0 Å². The van der Waals surface area contributed by atoms with Gasteiger partial charge in [0.05, 0.1) is 6.04 Å². The van der Waals surface area contributed by atoms with Gasteiger partial charge in [0, 0.05) is 25.2 Å². The molecular weight excluding hydrogens is 192 g/mol. The molecule has 1 aliphatic carbocycles. The predicted molar refractivity (Wildman–Crippen MR) is 57.4 cm³/mol. The molecule has 1 aliphatic heterocycles. The van der Waals surface area contributed by atoms with Gasteiger partial charge in [0.1, 0.15) is 0 Å². The van der Waals surface area contributed by atoms with E-state index in [0.717, 1.165) is 13.0 Å². The van der Waals surface area contributed by atoms with E-state index in [9.17, 15) is 4.79 Å². The van der Waals surface area contributed by atoms with Gasteiger partial charge in [-0.3, -0.25) is 9.69 Å². The van der Waals surface area contributed by atoms with Crippen LogP contribution in [0.2, 0.25) is 0 Å². The number of nitrogens with one attached hydrogen (secondary N) is 1. The summed E-state index contributed by atoms with van der Waals surface area (Å²) in [5.41, 5.74) is 0. The van der Waals surface area contributed by atoms with E-state index in [1.807, 2.05) is 0 Å². The van der Waals surface area contributed by atoms with Crippen LogP contribution < -0.4 is 5.32 Å². The highest BCUT2D eigenvalue weighted by Crippen LogP contribution is 2.32. The molecule has 0 bridgehead atoms. The van der Waals surface area contributed by atoms with Crippen LogP contribution in [0.5, 0.6) is 0 Å². The molecule has 2 N–H and O–H groups in total. The SMILES string of the molecule is CC1CCNC(=O)C(CCO)N1C1CC1. The van der Waals surface area contributed by atoms with Crippen molar-refractivity contribution in [1.82, 2.24) is 10.2 Å². The van der Waals surface area contributed by atoms with E-state index in [2.05, 4.69) is 17.1 Å². The third-order valence-electron chi connectivity index (χ3n) is 3.40. The number of aliphatic hydroxyl groups excluding tert-OH is 1. The van der Waals surface area contributed by atoms with Crippen molar-refractivity contribution in [2.45, 2.75) is 50.7 Å². The monoisotopic (exact) mass is 212 g/mol. The van der Waals surface area contributed by atoms with E-state index in [0.29, 0.717) is 18.5 Å². The zero-order valence-electron chi connectivity index (χ0n) is 9.28. The van der Waals surface area contributed by atoms with Gasteiger partial charge in [-0.15, -0.1) is 0 Å². The number of rotatable bonds is 3. The fourth-order valence-corrected chi connectivity index (χ4v) is 2.50. The number of aliphatic hydroxyl groups is 1. The molecule has 1 saturated heterocycles. The molecule has 2 unspecified atom stereocenters. The van der Waals surface area contributed by atoms with Crippen molar-refractivity contribution in [2.75, 3.05) is 13.2 Å². The van der Waals surface area contributed by atoms with E-state index in [-0.39, 0.29) is 18.6 Å². The van der Waals surface area contributed by atoms with Gasteiger partial charge < -0.3 is 10.4 Å². The third kappa shape index (κ3) is 2.32. The molecule has 0 spiro atoms. The molecule has 2 fully saturated rings. The van der Waals surface area contributed by atoms with Crippen LogP contribution >= 0.6 is 0 Å². The zero-order chi connectivity index (χ0) is 10.8. The van der Waals surface area contributed by atoms with E-state index in [1.165, 1.54) is 12.8 Å². The van der Waals surface area contributed by atoms with Crippen molar-refractivity contribution in [1.29, 1.82) is 0 Å². The number of amides is 1. The summed E-state index contributed by atoms with van der Waals surface area (Å²) in [6, 6.07) is 0.924. The molecule has 4 nitrogen and oxygen atoms in total. The maximum atomic E-state index is 11.8. The first-order valence-electron chi connectivity index (χ1n) is 5.90. The van der Waals surface area contributed by atoms with Gasteiger partial charge in [0.2, 0.25) is 5.91 Å². The van der Waals surface area contributed by atoms with Gasteiger partial charge >= 0.3 is 0 Å². The van der Waals surface area contributed by atoms with Crippen LogP contribution in [0.4, 0.5) is 0 Å². The normalized spacial score (nSPS) is 33.6. The largest absolute Gasteiger partial charge is 0.396 e. The van der Waals surface area contributed by atoms with Crippen LogP contribution in [0, 0.1) is 0 Å². The molecule has 0 aromatic carbocycles. The fourth-order valence-electron chi connectivity index (χ4n) is 2.50. The second-order valence-corrected chi connectivity index (χ2v) is 4.64. The first kappa shape index (κ1) is 10.9. The summed E-state index contributed by atoms with van der Waals surface area (Å²) >= 11 is 0. The number of hydrogen-bond donors (Lipinski definition) is 2. The Morgan fingerprint density at radius 1 is 1.47 bits per heavy atom. The summed E-state index contributed by atoms with van der Waals surface area (Å²) in [5, 5.41) is 12.0. The Kier molecular flexibility index (Phi) is 3.26. The van der Waals surface area contributed by atoms with Gasteiger partial charge in [-0.25, -0.2) is 0 Å². The lowest BCUT2D eigenvalue weighted by atomic mass is 10.1. The summed E-state index contributed by atoms with van der Waals surface area (Å²) < 4.78 is 0. The first-order valence-corrected chi connectivity index (χ1v) is 5.90. The summed E-state index contributed by atoms with van der Waals surface area (Å²) in [6.45, 7) is 3.04. The summed E-state index contributed by atoms with van der Waals surface area (Å²) in [4.78, 5) is 14.1. The lowest BCUT2D eigenvalue weighted by Crippen LogP contribution is -2.48. The topological polar surface area (TPSA) is 52.6 Å². The molecule has 86 valence electrons. The zero-order valence-corrected chi connectivity index (χ0v) is 9.28. The number of nitrogens with zero attached hydrogens (tertiary/aromatic N) is 1. The molecule has 0 radical (unpaired) electrons. The van der Waals surface area contributed by atoms with E-state index >= 15 is 0 Å². The number of carbonyl (C=O) groups excluding carboxylic acids is 1. The standard InChI is InChI=1S/C11H20N2O2/c1-8-4-6-12-11(15)10(5-7-14)13(8)9-2-3-9/h8-10,14H,2-7H2,1H3,(H,12,15). The number of carbonyl (C=O) groups is 1. The van der Waals surface area contributed by atoms with E-state index < -0.39 is 0 Å². The summed E-state index contributed by atoms with van der Waals surface area (Å²) in [7, 11) is 0. The maximum absolute atomic E-state index is 11.8. The Morgan fingerprint density at radius 3 is 2.80 bits per heavy atom. The predicted octanol–water partition coefficient (Wildman–Crippen LogP) is 0.110. The van der Waals surface area contributed by atoms with Crippen molar-refractivity contribution in [3.63, 3.8) is 0 Å². The molecule has 0 aromatic heterocycles. The Labute approximate surface area is 90.6 Å². The minimum Gasteiger partial charge on any atom is -0.396 e. The highest BCUT2D eigenvalue weighted by molar-refractivity contribution is 5.82. The van der Waals surface area contributed by atoms with Crippen LogP contribution in [0.15, 0.2) is 0 Å². The lowest BCUT2D eigenvalue weighted by Gasteiger charge is -2.32. The first-order chi connectivity index (χ1) is 7.24. The quantitative estimate of drug-likeness (QED) is 0.698. The Hall–Kier alpha value is -0.610. The van der Waals surface area contributed by atoms with Gasteiger partial charge in [-0.2, -0.15) is 0 Å². The highest BCUT2D eigenvalue weighted by Gasteiger charge is 2.40. The average molecular weight is 212 g/mol. The Morgan fingerprint density at radius 2 is 2.20 bits per heavy atom. The van der Waals surface area contributed by atoms with Gasteiger partial charge in [0.25, 0.3) is 0 Å². The van der Waals surface area contributed by atoms with Crippen molar-refractivity contribution in [3.8, 4) is 0 Å². The van der Waals surface area contributed by atoms with E-state index in [1.54, 1.807) is 0 Å². The molecule has 0 aromatic rings. The lowest BCUT2D eigenvalue weighted by molar-refractivity contribution is -0.126. The van der Waals surface area contributed by atoms with Crippen LogP contribution in [-0.4, -0.2) is 47.2 Å². The number of hydrogen-bond acceptors (Lipinski definition) is 3. The second kappa shape index (κ2) is 4.49. The van der Waals surface area contributed by atoms with Crippen LogP contribution in [0.3, 0.4) is 0 Å². The van der Waals surface area contributed by atoms with E-state index in [4.69, 9.17) is 5.11 Å². The minimum absolute atomic E-state index is 0.0913. The van der Waals surface area contributed by atoms with Crippen molar-refractivity contribution >= 4 is 5.91 Å². The maximum Gasteiger partial charge on any atom is 0.237 e. The summed E-state index contributed by atoms with van der Waals surface area (Å²) in [6.07, 6.45) is 4.00. The molecule has 4 heteroatoms. The summed E-state index contributed by atoms with van der Waals surface area (Å²) in [5.74, 6) is 0.0975. The van der Waals surface area contributed by atoms with Crippen molar-refractivity contribution in [3.05, 3.63) is 0 Å². The van der Waals surface area contributed by atoms with Gasteiger partial charge in [-0.05, 0) is 32.6 Å². The average Bonchev–Trinajstić information content (AvgIpc) is 3.00. The molecule has 1 saturated carbocycles. The molecule has 2 atom stereocenters. The fraction of sp³-hybridized carbons (Fsp3) is 0.909. The third-order valence-corrected chi connectivity index (χ3v) is 3.40. The molecule has 1 heterocycles. The Balaban J connectivity index is 2.12. The Bertz CT molecular complexity index is 241. The molecule has 2 rings (SSSR count). The smallest absolute Gasteiger partial charge is 0.237 e.